The van der Waals surface area contributed by atoms with Gasteiger partial charge in [0.1, 0.15) is 0 Å². The highest BCUT2D eigenvalue weighted by Crippen LogP contribution is 2.46. The van der Waals surface area contributed by atoms with Gasteiger partial charge < -0.3 is 14.2 Å². The molecule has 3 saturated heterocycles. The number of fused-ring (bicyclic) bond motifs is 3. The molecule has 3 nitrogen and oxygen atoms in total. The van der Waals surface area contributed by atoms with Crippen LogP contribution in [0.4, 0.5) is 0 Å². The Labute approximate surface area is 120 Å². The first-order chi connectivity index (χ1) is 9.44. The van der Waals surface area contributed by atoms with Gasteiger partial charge in [-0.05, 0) is 29.7 Å². The van der Waals surface area contributed by atoms with E-state index in [0.717, 1.165) is 11.1 Å². The maximum Gasteiger partial charge on any atom is 0.312 e. The quantitative estimate of drug-likeness (QED) is 0.736. The molecule has 1 aromatic carbocycles. The molecule has 106 valence electrons. The maximum atomic E-state index is 6.20. The van der Waals surface area contributed by atoms with E-state index in [-0.39, 0.29) is 11.5 Å². The highest BCUT2D eigenvalue weighted by Gasteiger charge is 2.54. The molecule has 0 aliphatic carbocycles. The van der Waals surface area contributed by atoms with E-state index < -0.39 is 5.97 Å². The van der Waals surface area contributed by atoms with Crippen molar-refractivity contribution in [3.63, 3.8) is 0 Å². The average Bonchev–Trinajstić information content (AvgIpc) is 2.47. The molecule has 3 heterocycles. The van der Waals surface area contributed by atoms with Crippen LogP contribution in [0.1, 0.15) is 31.9 Å². The van der Waals surface area contributed by atoms with Gasteiger partial charge >= 0.3 is 5.97 Å². The second kappa shape index (κ2) is 4.60. The molecule has 0 radical (unpaired) electrons. The summed E-state index contributed by atoms with van der Waals surface area (Å²) >= 11 is 0. The minimum atomic E-state index is -1.07. The summed E-state index contributed by atoms with van der Waals surface area (Å²) in [6.07, 6.45) is 5.51. The Balaban J connectivity index is 1.93. The van der Waals surface area contributed by atoms with E-state index in [4.69, 9.17) is 20.6 Å². The van der Waals surface area contributed by atoms with E-state index in [1.54, 1.807) is 0 Å². The zero-order chi connectivity index (χ0) is 14.4. The summed E-state index contributed by atoms with van der Waals surface area (Å²) in [5.41, 5.74) is 1.76. The van der Waals surface area contributed by atoms with Crippen LogP contribution in [0.5, 0.6) is 0 Å². The fourth-order valence-electron chi connectivity index (χ4n) is 2.92. The largest absolute Gasteiger partial charge is 0.323 e. The van der Waals surface area contributed by atoms with E-state index >= 15 is 0 Å². The first-order valence-corrected chi connectivity index (χ1v) is 6.97. The molecule has 2 bridgehead atoms. The highest BCUT2D eigenvalue weighted by atomic mass is 16.9. The van der Waals surface area contributed by atoms with Crippen molar-refractivity contribution >= 4 is 0 Å². The van der Waals surface area contributed by atoms with Gasteiger partial charge in [-0.3, -0.25) is 0 Å². The lowest BCUT2D eigenvalue weighted by Crippen LogP contribution is -2.59. The molecule has 4 rings (SSSR count). The predicted molar refractivity (Wildman–Crippen MR) is 75.8 cm³/mol. The molecule has 0 spiro atoms. The van der Waals surface area contributed by atoms with Gasteiger partial charge in [0.25, 0.3) is 0 Å². The number of hydrogen-bond acceptors (Lipinski definition) is 3. The average molecular weight is 272 g/mol. The van der Waals surface area contributed by atoms with Gasteiger partial charge in [-0.15, -0.1) is 6.42 Å². The zero-order valence-electron chi connectivity index (χ0n) is 12.2. The van der Waals surface area contributed by atoms with Crippen LogP contribution in [-0.2, 0) is 20.2 Å². The van der Waals surface area contributed by atoms with Crippen LogP contribution in [0.3, 0.4) is 0 Å². The van der Waals surface area contributed by atoms with Gasteiger partial charge in [0.15, 0.2) is 0 Å². The third-order valence-electron chi connectivity index (χ3n) is 3.94. The molecule has 0 amide bonds. The molecule has 3 aliphatic heterocycles. The van der Waals surface area contributed by atoms with Crippen LogP contribution in [0.2, 0.25) is 0 Å². The van der Waals surface area contributed by atoms with E-state index in [0.29, 0.717) is 19.1 Å². The Morgan fingerprint density at radius 3 is 2.25 bits per heavy atom. The first kappa shape index (κ1) is 13.6. The fraction of sp³-hybridized carbons (Fsp3) is 0.529. The van der Waals surface area contributed by atoms with Crippen molar-refractivity contribution in [2.45, 2.75) is 32.8 Å². The summed E-state index contributed by atoms with van der Waals surface area (Å²) in [4.78, 5) is 0. The normalized spacial score (nSPS) is 32.9. The minimum Gasteiger partial charge on any atom is -0.323 e. The monoisotopic (exact) mass is 272 g/mol. The van der Waals surface area contributed by atoms with Crippen LogP contribution >= 0.6 is 0 Å². The number of terminal acetylenes is 1. The summed E-state index contributed by atoms with van der Waals surface area (Å²) in [6, 6.07) is 7.60. The van der Waals surface area contributed by atoms with E-state index in [9.17, 15) is 0 Å². The second-order valence-corrected chi connectivity index (χ2v) is 6.56. The van der Waals surface area contributed by atoms with Crippen molar-refractivity contribution in [2.24, 2.45) is 11.3 Å². The van der Waals surface area contributed by atoms with Crippen molar-refractivity contribution in [1.29, 1.82) is 0 Å². The summed E-state index contributed by atoms with van der Waals surface area (Å²) in [5.74, 6) is 1.83. The molecule has 1 atom stereocenters. The Bertz CT molecular complexity index is 525. The molecule has 3 aliphatic rings. The summed E-state index contributed by atoms with van der Waals surface area (Å²) in [6.45, 7) is 7.90. The molecule has 3 heteroatoms. The van der Waals surface area contributed by atoms with Gasteiger partial charge in [0, 0.05) is 17.0 Å². The van der Waals surface area contributed by atoms with Crippen LogP contribution < -0.4 is 0 Å². The van der Waals surface area contributed by atoms with E-state index in [1.165, 1.54) is 0 Å². The van der Waals surface area contributed by atoms with E-state index in [1.807, 2.05) is 24.3 Å². The Hall–Kier alpha value is -1.34. The lowest BCUT2D eigenvalue weighted by molar-refractivity contribution is -0.488. The molecule has 3 fully saturated rings. The Morgan fingerprint density at radius 2 is 1.75 bits per heavy atom. The van der Waals surface area contributed by atoms with Gasteiger partial charge in [-0.2, -0.15) is 0 Å². The molecule has 1 aromatic rings. The van der Waals surface area contributed by atoms with Crippen LogP contribution in [0.15, 0.2) is 24.3 Å². The molecule has 1 unspecified atom stereocenters. The van der Waals surface area contributed by atoms with Crippen molar-refractivity contribution in [3.05, 3.63) is 35.4 Å². The van der Waals surface area contributed by atoms with Gasteiger partial charge in [0.2, 0.25) is 0 Å². The number of benzene rings is 1. The molecule has 0 aromatic heterocycles. The number of hydrogen-bond donors (Lipinski definition) is 0. The van der Waals surface area contributed by atoms with Crippen LogP contribution in [-0.4, -0.2) is 19.3 Å². The Morgan fingerprint density at radius 1 is 1.15 bits per heavy atom. The summed E-state index contributed by atoms with van der Waals surface area (Å²) < 4.78 is 17.9. The lowest BCUT2D eigenvalue weighted by Gasteiger charge is -2.53. The second-order valence-electron chi connectivity index (χ2n) is 6.56. The van der Waals surface area contributed by atoms with Crippen molar-refractivity contribution < 1.29 is 14.2 Å². The van der Waals surface area contributed by atoms with Crippen molar-refractivity contribution in [1.82, 2.24) is 0 Å². The number of ether oxygens (including phenoxy) is 3. The minimum absolute atomic E-state index is 0.0578. The molecular formula is C17H20O3. The number of rotatable bonds is 1. The van der Waals surface area contributed by atoms with Gasteiger partial charge in [-0.25, -0.2) is 0 Å². The van der Waals surface area contributed by atoms with E-state index in [2.05, 4.69) is 26.7 Å². The fourth-order valence-corrected chi connectivity index (χ4v) is 2.92. The van der Waals surface area contributed by atoms with Crippen LogP contribution in [0, 0.1) is 23.7 Å². The summed E-state index contributed by atoms with van der Waals surface area (Å²) in [5, 5.41) is 0. The molecular weight excluding hydrogens is 252 g/mol. The topological polar surface area (TPSA) is 27.7 Å². The maximum absolute atomic E-state index is 6.20. The first-order valence-electron chi connectivity index (χ1n) is 6.97. The third kappa shape index (κ3) is 2.14. The highest BCUT2D eigenvalue weighted by molar-refractivity contribution is 5.35. The molecule has 0 saturated carbocycles. The smallest absolute Gasteiger partial charge is 0.312 e. The third-order valence-corrected chi connectivity index (χ3v) is 3.94. The van der Waals surface area contributed by atoms with Gasteiger partial charge in [-0.1, -0.05) is 26.7 Å². The van der Waals surface area contributed by atoms with Crippen LogP contribution in [0.25, 0.3) is 0 Å². The molecule has 20 heavy (non-hydrogen) atoms. The standard InChI is InChI=1S/C17H20O3/c1-5-12-6-8-14(9-7-12)17-18-10-13(11-19-17)15(20-17)16(2,3)4/h1,6-9,13,15H,10-11H2,2-4H3. The van der Waals surface area contributed by atoms with Crippen molar-refractivity contribution in [2.75, 3.05) is 13.2 Å². The predicted octanol–water partition coefficient (Wildman–Crippen LogP) is 2.89. The van der Waals surface area contributed by atoms with Crippen molar-refractivity contribution in [3.8, 4) is 12.3 Å². The SMILES string of the molecule is C#Cc1ccc(C23OCC(CO2)C(C(C)(C)C)O3)cc1. The zero-order valence-corrected chi connectivity index (χ0v) is 12.2. The Kier molecular flexibility index (Phi) is 3.13. The lowest BCUT2D eigenvalue weighted by atomic mass is 9.80. The molecule has 0 N–H and O–H groups in total. The summed E-state index contributed by atoms with van der Waals surface area (Å²) in [7, 11) is 0. The van der Waals surface area contributed by atoms with Gasteiger partial charge in [0.05, 0.1) is 19.3 Å².